The topological polar surface area (TPSA) is 84.7 Å². The summed E-state index contributed by atoms with van der Waals surface area (Å²) in [4.78, 5) is 47.0. The second-order valence-corrected chi connectivity index (χ2v) is 8.05. The number of rotatable bonds is 3. The number of methoxy groups -OCH3 is 1. The molecule has 158 valence electrons. The first-order chi connectivity index (χ1) is 14.4. The zero-order chi connectivity index (χ0) is 21.4. The van der Waals surface area contributed by atoms with Crippen LogP contribution in [0.15, 0.2) is 35.4 Å². The van der Waals surface area contributed by atoms with Crippen molar-refractivity contribution >= 4 is 11.8 Å². The second-order valence-electron chi connectivity index (χ2n) is 8.05. The maximum Gasteiger partial charge on any atom is 0.268 e. The van der Waals surface area contributed by atoms with Gasteiger partial charge in [0.05, 0.1) is 24.9 Å². The lowest BCUT2D eigenvalue weighted by atomic mass is 9.98. The first kappa shape index (κ1) is 20.1. The van der Waals surface area contributed by atoms with Crippen LogP contribution in [-0.2, 0) is 4.79 Å². The van der Waals surface area contributed by atoms with E-state index in [1.165, 1.54) is 17.9 Å². The first-order valence-corrected chi connectivity index (χ1v) is 10.2. The van der Waals surface area contributed by atoms with Gasteiger partial charge < -0.3 is 14.5 Å². The van der Waals surface area contributed by atoms with E-state index in [0.29, 0.717) is 30.2 Å². The number of ether oxygens (including phenoxy) is 1. The molecule has 2 aliphatic heterocycles. The van der Waals surface area contributed by atoms with E-state index in [1.807, 2.05) is 7.05 Å². The molecule has 2 amide bonds. The minimum atomic E-state index is -0.388. The zero-order valence-electron chi connectivity index (χ0n) is 17.5. The third-order valence-electron chi connectivity index (χ3n) is 6.22. The van der Waals surface area contributed by atoms with Gasteiger partial charge in [0.2, 0.25) is 11.8 Å². The van der Waals surface area contributed by atoms with E-state index in [1.54, 1.807) is 41.1 Å². The minimum Gasteiger partial charge on any atom is -0.481 e. The number of carbonyl (C=O) groups is 2. The molecular formula is C22H26N4O4. The van der Waals surface area contributed by atoms with Gasteiger partial charge in [-0.3, -0.25) is 19.0 Å². The molecule has 4 rings (SSSR count). The zero-order valence-corrected chi connectivity index (χ0v) is 17.5. The molecule has 0 saturated carbocycles. The van der Waals surface area contributed by atoms with Gasteiger partial charge in [0, 0.05) is 38.4 Å². The van der Waals surface area contributed by atoms with E-state index in [-0.39, 0.29) is 34.9 Å². The van der Waals surface area contributed by atoms with Gasteiger partial charge in [-0.1, -0.05) is 6.42 Å². The lowest BCUT2D eigenvalue weighted by molar-refractivity contribution is -0.134. The molecule has 0 radical (unpaired) electrons. The number of pyridine rings is 2. The van der Waals surface area contributed by atoms with Crippen molar-refractivity contribution in [2.24, 2.45) is 5.92 Å². The SMILES string of the molecule is COc1ccc(-n2ccc(C)c(C(=O)N3C[C@H]4CCC[C@@H](C3)N(C)C4=O)c2=O)cn1. The van der Waals surface area contributed by atoms with Crippen LogP contribution in [0.3, 0.4) is 0 Å². The van der Waals surface area contributed by atoms with E-state index in [9.17, 15) is 14.4 Å². The smallest absolute Gasteiger partial charge is 0.268 e. The Kier molecular flexibility index (Phi) is 5.32. The minimum absolute atomic E-state index is 0.00835. The maximum absolute atomic E-state index is 13.5. The van der Waals surface area contributed by atoms with Crippen LogP contribution in [-0.4, -0.2) is 64.5 Å². The molecule has 2 aromatic rings. The molecule has 0 unspecified atom stereocenters. The van der Waals surface area contributed by atoms with Crippen LogP contribution in [0, 0.1) is 12.8 Å². The quantitative estimate of drug-likeness (QED) is 0.768. The molecule has 0 N–H and O–H groups in total. The maximum atomic E-state index is 13.5. The van der Waals surface area contributed by atoms with E-state index < -0.39 is 0 Å². The lowest BCUT2D eigenvalue weighted by Crippen LogP contribution is -2.44. The first-order valence-electron chi connectivity index (χ1n) is 10.2. The fourth-order valence-corrected chi connectivity index (χ4v) is 4.41. The fourth-order valence-electron chi connectivity index (χ4n) is 4.41. The van der Waals surface area contributed by atoms with Gasteiger partial charge in [0.1, 0.15) is 5.56 Å². The van der Waals surface area contributed by atoms with Crippen LogP contribution in [0.4, 0.5) is 0 Å². The van der Waals surface area contributed by atoms with Crippen LogP contribution in [0.1, 0.15) is 35.2 Å². The number of aromatic nitrogens is 2. The molecule has 2 bridgehead atoms. The van der Waals surface area contributed by atoms with E-state index in [0.717, 1.165) is 19.3 Å². The number of hydrogen-bond donors (Lipinski definition) is 0. The molecule has 4 heterocycles. The predicted molar refractivity (Wildman–Crippen MR) is 111 cm³/mol. The van der Waals surface area contributed by atoms with Crippen LogP contribution in [0.25, 0.3) is 5.69 Å². The molecule has 2 aliphatic rings. The summed E-state index contributed by atoms with van der Waals surface area (Å²) in [5.41, 5.74) is 0.929. The number of likely N-dealkylation sites (tertiary alicyclic amines) is 1. The summed E-state index contributed by atoms with van der Waals surface area (Å²) in [7, 11) is 3.34. The van der Waals surface area contributed by atoms with Crippen molar-refractivity contribution in [1.29, 1.82) is 0 Å². The van der Waals surface area contributed by atoms with E-state index >= 15 is 0 Å². The van der Waals surface area contributed by atoms with E-state index in [2.05, 4.69) is 4.98 Å². The normalized spacial score (nSPS) is 21.4. The third kappa shape index (κ3) is 3.46. The van der Waals surface area contributed by atoms with Gasteiger partial charge in [0.25, 0.3) is 11.5 Å². The average molecular weight is 410 g/mol. The number of aryl methyl sites for hydroxylation is 1. The number of amides is 2. The molecule has 2 atom stereocenters. The van der Waals surface area contributed by atoms with Gasteiger partial charge in [-0.2, -0.15) is 0 Å². The highest BCUT2D eigenvalue weighted by Gasteiger charge is 2.39. The summed E-state index contributed by atoms with van der Waals surface area (Å²) in [5, 5.41) is 0. The van der Waals surface area contributed by atoms with Crippen molar-refractivity contribution in [2.75, 3.05) is 27.2 Å². The highest BCUT2D eigenvalue weighted by atomic mass is 16.5. The number of hydrogen-bond acceptors (Lipinski definition) is 5. The van der Waals surface area contributed by atoms with Gasteiger partial charge in [-0.05, 0) is 37.5 Å². The van der Waals surface area contributed by atoms with Crippen LogP contribution in [0.2, 0.25) is 0 Å². The van der Waals surface area contributed by atoms with Gasteiger partial charge >= 0.3 is 0 Å². The number of fused-ring (bicyclic) bond motifs is 3. The molecule has 0 aromatic carbocycles. The van der Waals surface area contributed by atoms with Gasteiger partial charge in [-0.15, -0.1) is 0 Å². The van der Waals surface area contributed by atoms with Crippen LogP contribution in [0.5, 0.6) is 5.88 Å². The molecular weight excluding hydrogens is 384 g/mol. The van der Waals surface area contributed by atoms with Gasteiger partial charge in [0.15, 0.2) is 0 Å². The third-order valence-corrected chi connectivity index (χ3v) is 6.22. The van der Waals surface area contributed by atoms with Crippen LogP contribution >= 0.6 is 0 Å². The van der Waals surface area contributed by atoms with Crippen molar-refractivity contribution < 1.29 is 14.3 Å². The van der Waals surface area contributed by atoms with Crippen LogP contribution < -0.4 is 10.3 Å². The molecule has 0 spiro atoms. The summed E-state index contributed by atoms with van der Waals surface area (Å²) < 4.78 is 6.49. The summed E-state index contributed by atoms with van der Waals surface area (Å²) in [5.74, 6) is 0.0243. The number of likely N-dealkylation sites (N-methyl/N-ethyl adjacent to an activating group) is 1. The second kappa shape index (κ2) is 7.93. The Morgan fingerprint density at radius 1 is 1.17 bits per heavy atom. The monoisotopic (exact) mass is 410 g/mol. The molecule has 8 heteroatoms. The summed E-state index contributed by atoms with van der Waals surface area (Å²) in [6.07, 6.45) is 5.81. The van der Waals surface area contributed by atoms with Crippen molar-refractivity contribution in [3.05, 3.63) is 52.1 Å². The molecule has 0 aliphatic carbocycles. The van der Waals surface area contributed by atoms with Crippen molar-refractivity contribution in [2.45, 2.75) is 32.2 Å². The largest absolute Gasteiger partial charge is 0.481 e. The average Bonchev–Trinajstić information content (AvgIpc) is 2.92. The molecule has 2 aromatic heterocycles. The predicted octanol–water partition coefficient (Wildman–Crippen LogP) is 1.63. The summed E-state index contributed by atoms with van der Waals surface area (Å²) in [6, 6.07) is 5.14. The van der Waals surface area contributed by atoms with Crippen molar-refractivity contribution in [3.8, 4) is 11.6 Å². The Morgan fingerprint density at radius 3 is 2.67 bits per heavy atom. The lowest BCUT2D eigenvalue weighted by Gasteiger charge is -2.29. The highest BCUT2D eigenvalue weighted by Crippen LogP contribution is 2.27. The Labute approximate surface area is 175 Å². The molecule has 2 fully saturated rings. The number of nitrogens with zero attached hydrogens (tertiary/aromatic N) is 4. The van der Waals surface area contributed by atoms with Crippen molar-refractivity contribution in [1.82, 2.24) is 19.4 Å². The number of carbonyl (C=O) groups excluding carboxylic acids is 2. The molecule has 8 nitrogen and oxygen atoms in total. The molecule has 2 saturated heterocycles. The standard InChI is InChI=1S/C22H26N4O4/c1-14-9-10-26(16-7-8-18(30-3)23-11-16)22(29)19(14)21(28)25-12-15-5-4-6-17(13-25)24(2)20(15)27/h7-11,15,17H,4-6,12-13H2,1-3H3/t15-,17+/m1/s1. The van der Waals surface area contributed by atoms with E-state index in [4.69, 9.17) is 4.74 Å². The Bertz CT molecular complexity index is 1030. The Balaban J connectivity index is 1.70. The molecule has 30 heavy (non-hydrogen) atoms. The Morgan fingerprint density at radius 2 is 1.97 bits per heavy atom. The highest BCUT2D eigenvalue weighted by molar-refractivity contribution is 5.96. The summed E-state index contributed by atoms with van der Waals surface area (Å²) >= 11 is 0. The Hall–Kier alpha value is -3.16. The van der Waals surface area contributed by atoms with Gasteiger partial charge in [-0.25, -0.2) is 4.98 Å². The van der Waals surface area contributed by atoms with Crippen molar-refractivity contribution in [3.63, 3.8) is 0 Å². The summed E-state index contributed by atoms with van der Waals surface area (Å²) in [6.45, 7) is 2.58. The fraction of sp³-hybridized carbons (Fsp3) is 0.455.